The first-order valence-corrected chi connectivity index (χ1v) is 16.8. The van der Waals surface area contributed by atoms with Gasteiger partial charge in [-0.2, -0.15) is 0 Å². The van der Waals surface area contributed by atoms with Crippen LogP contribution in [0.5, 0.6) is 0 Å². The summed E-state index contributed by atoms with van der Waals surface area (Å²) < 4.78 is 0. The maximum absolute atomic E-state index is 2.35. The summed E-state index contributed by atoms with van der Waals surface area (Å²) in [6.45, 7) is 6.98. The first-order chi connectivity index (χ1) is 16.8. The van der Waals surface area contributed by atoms with E-state index < -0.39 is 0 Å². The molecule has 0 aromatic heterocycles. The van der Waals surface area contributed by atoms with Gasteiger partial charge < -0.3 is 0 Å². The van der Waals surface area contributed by atoms with Gasteiger partial charge in [-0.1, -0.05) is 213 Å². The van der Waals surface area contributed by atoms with E-state index in [1.165, 1.54) is 193 Å². The van der Waals surface area contributed by atoms with E-state index in [2.05, 4.69) is 20.8 Å². The molecule has 34 heavy (non-hydrogen) atoms. The van der Waals surface area contributed by atoms with Gasteiger partial charge in [0.25, 0.3) is 0 Å². The highest BCUT2D eigenvalue weighted by Crippen LogP contribution is 2.24. The highest BCUT2D eigenvalue weighted by Gasteiger charge is 2.08. The van der Waals surface area contributed by atoms with Crippen LogP contribution in [0.3, 0.4) is 0 Å². The van der Waals surface area contributed by atoms with Crippen LogP contribution in [0.15, 0.2) is 0 Å². The quantitative estimate of drug-likeness (QED) is 0.0900. The Morgan fingerprint density at radius 2 is 0.412 bits per heavy atom. The molecule has 0 nitrogen and oxygen atoms in total. The lowest BCUT2D eigenvalue weighted by Gasteiger charge is -2.17. The largest absolute Gasteiger partial charge is 0.0654 e. The summed E-state index contributed by atoms with van der Waals surface area (Å²) in [7, 11) is 0. The zero-order valence-corrected chi connectivity index (χ0v) is 24.8. The molecular weight excluding hydrogens is 408 g/mol. The number of rotatable bonds is 30. The standard InChI is InChI=1S/C34H70/c1-4-7-10-12-14-16-18-19-20-21-23-25-27-30-33-34(31-28-9-6-3)32-29-26-24-22-17-15-13-11-8-5-2/h34H,4-33H2,1-3H3. The molecule has 0 saturated carbocycles. The molecule has 206 valence electrons. The molecule has 0 spiro atoms. The molecule has 1 unspecified atom stereocenters. The van der Waals surface area contributed by atoms with Gasteiger partial charge in [0, 0.05) is 0 Å². The number of unbranched alkanes of at least 4 members (excludes halogenated alkanes) is 24. The van der Waals surface area contributed by atoms with Gasteiger partial charge in [0.2, 0.25) is 0 Å². The van der Waals surface area contributed by atoms with E-state index in [1.54, 1.807) is 0 Å². The highest BCUT2D eigenvalue weighted by atomic mass is 14.1. The molecule has 0 saturated heterocycles. The Kier molecular flexibility index (Phi) is 31.0. The van der Waals surface area contributed by atoms with Crippen molar-refractivity contribution < 1.29 is 0 Å². The van der Waals surface area contributed by atoms with Crippen molar-refractivity contribution in [3.05, 3.63) is 0 Å². The summed E-state index contributed by atoms with van der Waals surface area (Å²) in [5, 5.41) is 0. The normalized spacial score (nSPS) is 12.4. The Bertz CT molecular complexity index is 333. The van der Waals surface area contributed by atoms with Crippen molar-refractivity contribution in [1.29, 1.82) is 0 Å². The molecule has 0 rings (SSSR count). The average Bonchev–Trinajstić information content (AvgIpc) is 2.85. The molecule has 0 heteroatoms. The maximum atomic E-state index is 2.35. The van der Waals surface area contributed by atoms with Crippen LogP contribution in [-0.2, 0) is 0 Å². The topological polar surface area (TPSA) is 0 Å². The van der Waals surface area contributed by atoms with E-state index in [4.69, 9.17) is 0 Å². The van der Waals surface area contributed by atoms with Crippen molar-refractivity contribution in [2.45, 2.75) is 213 Å². The van der Waals surface area contributed by atoms with Crippen molar-refractivity contribution in [2.75, 3.05) is 0 Å². The summed E-state index contributed by atoms with van der Waals surface area (Å²) >= 11 is 0. The SMILES string of the molecule is CCCCCCCCCCCCCCCCC(CCCCC)CCCCCCCCCCCC. The zero-order valence-electron chi connectivity index (χ0n) is 24.8. The van der Waals surface area contributed by atoms with E-state index in [1.807, 2.05) is 0 Å². The van der Waals surface area contributed by atoms with Crippen LogP contribution in [0, 0.1) is 5.92 Å². The molecule has 0 amide bonds. The van der Waals surface area contributed by atoms with E-state index in [0.29, 0.717) is 0 Å². The third kappa shape index (κ3) is 28.2. The summed E-state index contributed by atoms with van der Waals surface area (Å²) in [5.74, 6) is 1.04. The van der Waals surface area contributed by atoms with Gasteiger partial charge in [-0.3, -0.25) is 0 Å². The maximum Gasteiger partial charge on any atom is -0.0414 e. The Balaban J connectivity index is 3.56. The van der Waals surface area contributed by atoms with Crippen LogP contribution in [0.25, 0.3) is 0 Å². The number of hydrogen-bond acceptors (Lipinski definition) is 0. The van der Waals surface area contributed by atoms with E-state index >= 15 is 0 Å². The molecular formula is C34H70. The smallest absolute Gasteiger partial charge is 0.0414 e. The van der Waals surface area contributed by atoms with Crippen LogP contribution >= 0.6 is 0 Å². The van der Waals surface area contributed by atoms with Crippen molar-refractivity contribution in [2.24, 2.45) is 5.92 Å². The fourth-order valence-electron chi connectivity index (χ4n) is 5.66. The fourth-order valence-corrected chi connectivity index (χ4v) is 5.66. The summed E-state index contributed by atoms with van der Waals surface area (Å²) in [6.07, 6.45) is 44.3. The molecule has 0 heterocycles. The van der Waals surface area contributed by atoms with Gasteiger partial charge in [0.1, 0.15) is 0 Å². The predicted octanol–water partition coefficient (Wildman–Crippen LogP) is 13.4. The second kappa shape index (κ2) is 31.0. The van der Waals surface area contributed by atoms with Gasteiger partial charge in [-0.05, 0) is 5.92 Å². The van der Waals surface area contributed by atoms with Crippen LogP contribution in [0.1, 0.15) is 213 Å². The minimum Gasteiger partial charge on any atom is -0.0654 e. The third-order valence-electron chi connectivity index (χ3n) is 8.15. The first-order valence-electron chi connectivity index (χ1n) is 16.8. The van der Waals surface area contributed by atoms with Crippen molar-refractivity contribution in [1.82, 2.24) is 0 Å². The summed E-state index contributed by atoms with van der Waals surface area (Å²) in [4.78, 5) is 0. The average molecular weight is 479 g/mol. The van der Waals surface area contributed by atoms with Crippen molar-refractivity contribution >= 4 is 0 Å². The lowest BCUT2D eigenvalue weighted by molar-refractivity contribution is 0.367. The van der Waals surface area contributed by atoms with Crippen LogP contribution < -0.4 is 0 Å². The lowest BCUT2D eigenvalue weighted by atomic mass is 9.89. The summed E-state index contributed by atoms with van der Waals surface area (Å²) in [6, 6.07) is 0. The van der Waals surface area contributed by atoms with E-state index in [9.17, 15) is 0 Å². The van der Waals surface area contributed by atoms with Gasteiger partial charge in [-0.25, -0.2) is 0 Å². The Morgan fingerprint density at radius 3 is 0.676 bits per heavy atom. The molecule has 0 aromatic carbocycles. The Labute approximate surface area is 219 Å². The minimum atomic E-state index is 1.04. The molecule has 0 aliphatic rings. The zero-order chi connectivity index (χ0) is 24.8. The minimum absolute atomic E-state index is 1.04. The van der Waals surface area contributed by atoms with Crippen molar-refractivity contribution in [3.63, 3.8) is 0 Å². The molecule has 0 N–H and O–H groups in total. The van der Waals surface area contributed by atoms with Gasteiger partial charge >= 0.3 is 0 Å². The molecule has 0 aliphatic heterocycles. The molecule has 0 fully saturated rings. The van der Waals surface area contributed by atoms with E-state index in [-0.39, 0.29) is 0 Å². The van der Waals surface area contributed by atoms with Crippen molar-refractivity contribution in [3.8, 4) is 0 Å². The van der Waals surface area contributed by atoms with Gasteiger partial charge in [0.15, 0.2) is 0 Å². The number of hydrogen-bond donors (Lipinski definition) is 0. The monoisotopic (exact) mass is 479 g/mol. The molecule has 0 bridgehead atoms. The highest BCUT2D eigenvalue weighted by molar-refractivity contribution is 4.62. The van der Waals surface area contributed by atoms with Crippen LogP contribution in [0.2, 0.25) is 0 Å². The molecule has 0 radical (unpaired) electrons. The van der Waals surface area contributed by atoms with Crippen LogP contribution in [-0.4, -0.2) is 0 Å². The van der Waals surface area contributed by atoms with Gasteiger partial charge in [0.05, 0.1) is 0 Å². The third-order valence-corrected chi connectivity index (χ3v) is 8.15. The van der Waals surface area contributed by atoms with Crippen LogP contribution in [0.4, 0.5) is 0 Å². The molecule has 1 atom stereocenters. The second-order valence-corrected chi connectivity index (χ2v) is 11.7. The second-order valence-electron chi connectivity index (χ2n) is 11.7. The van der Waals surface area contributed by atoms with E-state index in [0.717, 1.165) is 5.92 Å². The lowest BCUT2D eigenvalue weighted by Crippen LogP contribution is -2.01. The predicted molar refractivity (Wildman–Crippen MR) is 159 cm³/mol. The first kappa shape index (κ1) is 34.0. The fraction of sp³-hybridized carbons (Fsp3) is 1.00. The Hall–Kier alpha value is 0. The molecule has 0 aliphatic carbocycles. The summed E-state index contributed by atoms with van der Waals surface area (Å²) in [5.41, 5.74) is 0. The Morgan fingerprint density at radius 1 is 0.235 bits per heavy atom. The van der Waals surface area contributed by atoms with Gasteiger partial charge in [-0.15, -0.1) is 0 Å². The molecule has 0 aromatic rings.